The molecule has 6 nitrogen and oxygen atoms in total. The number of anilines is 1. The van der Waals surface area contributed by atoms with Crippen molar-refractivity contribution in [1.29, 1.82) is 0 Å². The smallest absolute Gasteiger partial charge is 0.277 e. The van der Waals surface area contributed by atoms with Gasteiger partial charge in [0.25, 0.3) is 11.1 Å². The molecule has 1 amide bonds. The van der Waals surface area contributed by atoms with E-state index < -0.39 is 23.6 Å². The number of aromatic nitrogens is 2. The quantitative estimate of drug-likeness (QED) is 0.585. The number of nitrogens with one attached hydrogen (secondary N) is 1. The van der Waals surface area contributed by atoms with E-state index in [1.807, 2.05) is 0 Å². The van der Waals surface area contributed by atoms with Gasteiger partial charge in [-0.2, -0.15) is 0 Å². The minimum atomic E-state index is -0.744. The molecule has 0 saturated heterocycles. The third-order valence-corrected chi connectivity index (χ3v) is 4.24. The lowest BCUT2D eigenvalue weighted by atomic mass is 10.3. The van der Waals surface area contributed by atoms with Gasteiger partial charge < -0.3 is 14.5 Å². The van der Waals surface area contributed by atoms with Crippen LogP contribution >= 0.6 is 11.8 Å². The van der Waals surface area contributed by atoms with Crippen LogP contribution in [0, 0.1) is 17.5 Å². The van der Waals surface area contributed by atoms with Crippen LogP contribution in [0.1, 0.15) is 18.9 Å². The van der Waals surface area contributed by atoms with Crippen LogP contribution in [0.3, 0.4) is 0 Å². The number of carbonyl (C=O) groups is 1. The van der Waals surface area contributed by atoms with Crippen molar-refractivity contribution in [2.75, 3.05) is 11.1 Å². The Morgan fingerprint density at radius 2 is 1.86 bits per heavy atom. The number of carbonyl (C=O) groups excluding carboxylic acids is 1. The third kappa shape index (κ3) is 5.26. The number of hydrogen-bond donors (Lipinski definition) is 1. The molecule has 3 aromatic rings. The highest BCUT2D eigenvalue weighted by Gasteiger charge is 2.17. The summed E-state index contributed by atoms with van der Waals surface area (Å²) in [6.45, 7) is 1.67. The molecule has 0 saturated carbocycles. The molecule has 0 spiro atoms. The number of benzene rings is 2. The highest BCUT2D eigenvalue weighted by atomic mass is 32.2. The molecular formula is C18H14F3N3O3S. The van der Waals surface area contributed by atoms with Crippen molar-refractivity contribution in [2.45, 2.75) is 18.3 Å². The van der Waals surface area contributed by atoms with Gasteiger partial charge in [0.1, 0.15) is 23.2 Å². The third-order valence-electron chi connectivity index (χ3n) is 3.43. The van der Waals surface area contributed by atoms with E-state index in [-0.39, 0.29) is 28.4 Å². The van der Waals surface area contributed by atoms with Gasteiger partial charge >= 0.3 is 0 Å². The van der Waals surface area contributed by atoms with Crippen molar-refractivity contribution < 1.29 is 27.1 Å². The minimum absolute atomic E-state index is 0.111. The number of hydrogen-bond acceptors (Lipinski definition) is 6. The fraction of sp³-hybridized carbons (Fsp3) is 0.167. The van der Waals surface area contributed by atoms with E-state index in [0.717, 1.165) is 30.0 Å². The SMILES string of the molecule is C[C@H](Oc1ccc(F)cc1)c1nnc(SCC(=O)Nc2cc(F)ccc2F)o1. The number of rotatable bonds is 7. The molecule has 0 aliphatic heterocycles. The van der Waals surface area contributed by atoms with Crippen LogP contribution in [-0.4, -0.2) is 21.9 Å². The average molecular weight is 409 g/mol. The van der Waals surface area contributed by atoms with Crippen LogP contribution < -0.4 is 10.1 Å². The largest absolute Gasteiger partial charge is 0.481 e. The second-order valence-corrected chi connectivity index (χ2v) is 6.51. The highest BCUT2D eigenvalue weighted by molar-refractivity contribution is 7.99. The highest BCUT2D eigenvalue weighted by Crippen LogP contribution is 2.24. The van der Waals surface area contributed by atoms with Crippen molar-refractivity contribution in [3.63, 3.8) is 0 Å². The van der Waals surface area contributed by atoms with Crippen LogP contribution in [0.25, 0.3) is 0 Å². The van der Waals surface area contributed by atoms with Crippen LogP contribution in [0.15, 0.2) is 52.1 Å². The van der Waals surface area contributed by atoms with E-state index >= 15 is 0 Å². The summed E-state index contributed by atoms with van der Waals surface area (Å²) in [6, 6.07) is 8.22. The maximum Gasteiger partial charge on any atom is 0.277 e. The fourth-order valence-corrected chi connectivity index (χ4v) is 2.69. The molecule has 3 rings (SSSR count). The zero-order chi connectivity index (χ0) is 20.1. The number of ether oxygens (including phenoxy) is 1. The van der Waals surface area contributed by atoms with Gasteiger partial charge in [0, 0.05) is 6.07 Å². The van der Waals surface area contributed by atoms with Crippen LogP contribution in [0.2, 0.25) is 0 Å². The Bertz CT molecular complexity index is 966. The first-order valence-corrected chi connectivity index (χ1v) is 9.02. The summed E-state index contributed by atoms with van der Waals surface area (Å²) >= 11 is 0.931. The van der Waals surface area contributed by atoms with Gasteiger partial charge in [-0.3, -0.25) is 4.79 Å². The Kier molecular flexibility index (Phi) is 6.19. The Morgan fingerprint density at radius 1 is 1.14 bits per heavy atom. The van der Waals surface area contributed by atoms with Crippen molar-refractivity contribution in [3.05, 3.63) is 65.8 Å². The van der Waals surface area contributed by atoms with E-state index in [0.29, 0.717) is 5.75 Å². The number of thioether (sulfide) groups is 1. The van der Waals surface area contributed by atoms with Gasteiger partial charge in [-0.1, -0.05) is 11.8 Å². The maximum absolute atomic E-state index is 13.5. The monoisotopic (exact) mass is 409 g/mol. The van der Waals surface area contributed by atoms with E-state index in [4.69, 9.17) is 9.15 Å². The second-order valence-electron chi connectivity index (χ2n) is 5.58. The topological polar surface area (TPSA) is 77.2 Å². The predicted octanol–water partition coefficient (Wildman–Crippen LogP) is 4.36. The first kappa shape index (κ1) is 19.7. The molecule has 1 heterocycles. The fourth-order valence-electron chi connectivity index (χ4n) is 2.12. The first-order valence-electron chi connectivity index (χ1n) is 8.04. The molecule has 0 bridgehead atoms. The number of halogens is 3. The van der Waals surface area contributed by atoms with E-state index in [2.05, 4.69) is 15.5 Å². The molecule has 0 aliphatic rings. The van der Waals surface area contributed by atoms with Crippen molar-refractivity contribution in [3.8, 4) is 5.75 Å². The molecule has 2 aromatic carbocycles. The van der Waals surface area contributed by atoms with Crippen LogP contribution in [-0.2, 0) is 4.79 Å². The van der Waals surface area contributed by atoms with Gasteiger partial charge in [0.05, 0.1) is 11.4 Å². The molecular weight excluding hydrogens is 395 g/mol. The second kappa shape index (κ2) is 8.79. The normalized spacial score (nSPS) is 11.9. The Balaban J connectivity index is 1.53. The predicted molar refractivity (Wildman–Crippen MR) is 95.5 cm³/mol. The van der Waals surface area contributed by atoms with E-state index in [1.165, 1.54) is 24.3 Å². The summed E-state index contributed by atoms with van der Waals surface area (Å²) < 4.78 is 50.5. The summed E-state index contributed by atoms with van der Waals surface area (Å²) in [7, 11) is 0. The summed E-state index contributed by atoms with van der Waals surface area (Å²) in [5, 5.41) is 10.0. The number of amides is 1. The van der Waals surface area contributed by atoms with Gasteiger partial charge in [0.2, 0.25) is 5.91 Å². The summed E-state index contributed by atoms with van der Waals surface area (Å²) in [5.41, 5.74) is -0.252. The van der Waals surface area contributed by atoms with Crippen LogP contribution in [0.4, 0.5) is 18.9 Å². The summed E-state index contributed by atoms with van der Waals surface area (Å²) in [4.78, 5) is 11.9. The summed E-state index contributed by atoms with van der Waals surface area (Å²) in [5.74, 6) is -1.91. The Hall–Kier alpha value is -3.01. The molecule has 0 radical (unpaired) electrons. The average Bonchev–Trinajstić information content (AvgIpc) is 3.14. The van der Waals surface area contributed by atoms with Gasteiger partial charge in [0.15, 0.2) is 6.10 Å². The molecule has 1 atom stereocenters. The zero-order valence-electron chi connectivity index (χ0n) is 14.5. The first-order chi connectivity index (χ1) is 13.4. The van der Waals surface area contributed by atoms with Crippen LogP contribution in [0.5, 0.6) is 5.75 Å². The Labute approximate surface area is 162 Å². The van der Waals surface area contributed by atoms with Crippen molar-refractivity contribution in [2.24, 2.45) is 0 Å². The lowest BCUT2D eigenvalue weighted by molar-refractivity contribution is -0.113. The molecule has 146 valence electrons. The van der Waals surface area contributed by atoms with E-state index in [9.17, 15) is 18.0 Å². The zero-order valence-corrected chi connectivity index (χ0v) is 15.3. The Morgan fingerprint density at radius 3 is 2.61 bits per heavy atom. The van der Waals surface area contributed by atoms with E-state index in [1.54, 1.807) is 6.92 Å². The number of nitrogens with zero attached hydrogens (tertiary/aromatic N) is 2. The lowest BCUT2D eigenvalue weighted by Crippen LogP contribution is -2.15. The molecule has 10 heteroatoms. The molecule has 1 aromatic heterocycles. The molecule has 0 fully saturated rings. The lowest BCUT2D eigenvalue weighted by Gasteiger charge is -2.10. The van der Waals surface area contributed by atoms with Crippen molar-refractivity contribution >= 4 is 23.4 Å². The standard InChI is InChI=1S/C18H14F3N3O3S/c1-10(26-13-5-2-11(19)3-6-13)17-23-24-18(27-17)28-9-16(25)22-15-8-12(20)4-7-14(15)21/h2-8,10H,9H2,1H3,(H,22,25)/t10-/m0/s1. The van der Waals surface area contributed by atoms with Gasteiger partial charge in [-0.15, -0.1) is 10.2 Å². The molecule has 0 unspecified atom stereocenters. The van der Waals surface area contributed by atoms with Gasteiger partial charge in [-0.05, 0) is 43.3 Å². The summed E-state index contributed by atoms with van der Waals surface area (Å²) in [6.07, 6.45) is -0.595. The van der Waals surface area contributed by atoms with Crippen molar-refractivity contribution in [1.82, 2.24) is 10.2 Å². The molecule has 0 aliphatic carbocycles. The molecule has 28 heavy (non-hydrogen) atoms. The van der Waals surface area contributed by atoms with Gasteiger partial charge in [-0.25, -0.2) is 13.2 Å². The minimum Gasteiger partial charge on any atom is -0.481 e. The maximum atomic E-state index is 13.5. The molecule has 1 N–H and O–H groups in total.